The van der Waals surface area contributed by atoms with Gasteiger partial charge < -0.3 is 0 Å². The summed E-state index contributed by atoms with van der Waals surface area (Å²) in [6.07, 6.45) is 1.89. The van der Waals surface area contributed by atoms with Gasteiger partial charge in [-0.15, -0.1) is 0 Å². The number of rotatable bonds is 5. The van der Waals surface area contributed by atoms with Crippen LogP contribution in [0.15, 0.2) is 35.4 Å². The highest BCUT2D eigenvalue weighted by Crippen LogP contribution is 2.24. The van der Waals surface area contributed by atoms with Crippen molar-refractivity contribution in [1.82, 2.24) is 14.5 Å². The summed E-state index contributed by atoms with van der Waals surface area (Å²) in [5.74, 6) is 0. The molecule has 0 spiro atoms. The maximum Gasteiger partial charge on any atom is 0.241 e. The molecule has 2 aromatic rings. The van der Waals surface area contributed by atoms with E-state index in [1.54, 1.807) is 12.1 Å². The first kappa shape index (κ1) is 18.7. The molecule has 0 fully saturated rings. The van der Waals surface area contributed by atoms with Crippen LogP contribution >= 0.6 is 0 Å². The molecule has 6 heteroatoms. The Morgan fingerprint density at radius 1 is 1.21 bits per heavy atom. The predicted octanol–water partition coefficient (Wildman–Crippen LogP) is 3.55. The normalized spacial score (nSPS) is 13.9. The van der Waals surface area contributed by atoms with Crippen LogP contribution in [0.5, 0.6) is 0 Å². The number of hydrogen-bond acceptors (Lipinski definition) is 3. The predicted molar refractivity (Wildman–Crippen MR) is 96.5 cm³/mol. The van der Waals surface area contributed by atoms with Crippen LogP contribution < -0.4 is 4.72 Å². The van der Waals surface area contributed by atoms with Gasteiger partial charge in [0.05, 0.1) is 10.6 Å². The van der Waals surface area contributed by atoms with Gasteiger partial charge in [-0.05, 0) is 43.9 Å². The monoisotopic (exact) mass is 349 g/mol. The molecule has 1 aromatic carbocycles. The molecule has 5 nitrogen and oxygen atoms in total. The number of benzene rings is 1. The van der Waals surface area contributed by atoms with E-state index < -0.39 is 10.0 Å². The van der Waals surface area contributed by atoms with Gasteiger partial charge in [-0.1, -0.05) is 32.9 Å². The third-order valence-electron chi connectivity index (χ3n) is 4.14. The Hall–Kier alpha value is -1.66. The number of sulfonamides is 1. The van der Waals surface area contributed by atoms with E-state index in [9.17, 15) is 8.42 Å². The second-order valence-electron chi connectivity index (χ2n) is 7.14. The molecule has 0 aliphatic heterocycles. The summed E-state index contributed by atoms with van der Waals surface area (Å²) in [7, 11) is -3.57. The summed E-state index contributed by atoms with van der Waals surface area (Å²) in [5.41, 5.74) is 2.84. The first-order chi connectivity index (χ1) is 11.0. The van der Waals surface area contributed by atoms with Gasteiger partial charge in [0.2, 0.25) is 10.0 Å². The quantitative estimate of drug-likeness (QED) is 0.898. The lowest BCUT2D eigenvalue weighted by Gasteiger charge is -2.19. The summed E-state index contributed by atoms with van der Waals surface area (Å²) in [5, 5.41) is 4.37. The van der Waals surface area contributed by atoms with Gasteiger partial charge in [0.25, 0.3) is 0 Å². The van der Waals surface area contributed by atoms with Crippen LogP contribution in [0.25, 0.3) is 0 Å². The zero-order chi connectivity index (χ0) is 18.1. The van der Waals surface area contributed by atoms with Gasteiger partial charge in [-0.25, -0.2) is 13.1 Å². The van der Waals surface area contributed by atoms with Crippen LogP contribution in [0.4, 0.5) is 0 Å². The molecule has 0 aliphatic rings. The zero-order valence-electron chi connectivity index (χ0n) is 15.3. The highest BCUT2D eigenvalue weighted by atomic mass is 32.2. The minimum absolute atomic E-state index is 0.00510. The Morgan fingerprint density at radius 3 is 2.25 bits per heavy atom. The molecule has 1 heterocycles. The Kier molecular flexibility index (Phi) is 5.20. The van der Waals surface area contributed by atoms with Crippen molar-refractivity contribution in [2.24, 2.45) is 0 Å². The molecule has 0 saturated carbocycles. The molecule has 0 bridgehead atoms. The SMILES string of the molecule is CCn1cc(C(C)NS(=O)(=O)c2ccc(C(C)(C)C)cc2)c(C)n1. The first-order valence-corrected chi connectivity index (χ1v) is 9.69. The average Bonchev–Trinajstić information content (AvgIpc) is 2.87. The van der Waals surface area contributed by atoms with Crippen LogP contribution in [0.3, 0.4) is 0 Å². The number of nitrogens with one attached hydrogen (secondary N) is 1. The van der Waals surface area contributed by atoms with Crippen molar-refractivity contribution in [3.8, 4) is 0 Å². The Morgan fingerprint density at radius 2 is 1.79 bits per heavy atom. The average molecular weight is 350 g/mol. The summed E-state index contributed by atoms with van der Waals surface area (Å²) in [6, 6.07) is 6.74. The third kappa shape index (κ3) is 4.05. The lowest BCUT2D eigenvalue weighted by atomic mass is 9.87. The zero-order valence-corrected chi connectivity index (χ0v) is 16.1. The van der Waals surface area contributed by atoms with E-state index in [0.717, 1.165) is 23.4 Å². The highest BCUT2D eigenvalue weighted by molar-refractivity contribution is 7.89. The van der Waals surface area contributed by atoms with E-state index in [0.29, 0.717) is 0 Å². The molecule has 1 aromatic heterocycles. The van der Waals surface area contributed by atoms with E-state index in [4.69, 9.17) is 0 Å². The highest BCUT2D eigenvalue weighted by Gasteiger charge is 2.22. The molecule has 2 rings (SSSR count). The minimum atomic E-state index is -3.57. The first-order valence-electron chi connectivity index (χ1n) is 8.21. The smallest absolute Gasteiger partial charge is 0.241 e. The van der Waals surface area contributed by atoms with Crippen molar-refractivity contribution < 1.29 is 8.42 Å². The van der Waals surface area contributed by atoms with Gasteiger partial charge in [0.15, 0.2) is 0 Å². The molecule has 1 atom stereocenters. The Labute approximate surface area is 145 Å². The van der Waals surface area contributed by atoms with Crippen LogP contribution in [-0.4, -0.2) is 18.2 Å². The van der Waals surface area contributed by atoms with E-state index in [1.165, 1.54) is 0 Å². The number of hydrogen-bond donors (Lipinski definition) is 1. The molecule has 1 unspecified atom stereocenters. The van der Waals surface area contributed by atoms with Gasteiger partial charge >= 0.3 is 0 Å². The van der Waals surface area contributed by atoms with Crippen LogP contribution in [0, 0.1) is 6.92 Å². The van der Waals surface area contributed by atoms with Crippen LogP contribution in [-0.2, 0) is 22.0 Å². The van der Waals surface area contributed by atoms with Crippen molar-refractivity contribution in [1.29, 1.82) is 0 Å². The molecular formula is C18H27N3O2S. The molecule has 0 radical (unpaired) electrons. The second-order valence-corrected chi connectivity index (χ2v) is 8.86. The van der Waals surface area contributed by atoms with Crippen LogP contribution in [0.2, 0.25) is 0 Å². The van der Waals surface area contributed by atoms with E-state index in [-0.39, 0.29) is 16.4 Å². The van der Waals surface area contributed by atoms with Crippen LogP contribution in [0.1, 0.15) is 57.5 Å². The second kappa shape index (κ2) is 6.69. The lowest BCUT2D eigenvalue weighted by molar-refractivity contribution is 0.565. The summed E-state index contributed by atoms with van der Waals surface area (Å²) in [4.78, 5) is 0.280. The Balaban J connectivity index is 2.22. The van der Waals surface area contributed by atoms with Gasteiger partial charge in [-0.3, -0.25) is 4.68 Å². The fourth-order valence-electron chi connectivity index (χ4n) is 2.62. The molecule has 0 saturated heterocycles. The number of aryl methyl sites for hydroxylation is 2. The summed E-state index contributed by atoms with van der Waals surface area (Å²) in [6.45, 7) is 12.8. The van der Waals surface area contributed by atoms with E-state index in [1.807, 2.05) is 43.8 Å². The van der Waals surface area contributed by atoms with Crippen molar-refractivity contribution >= 4 is 10.0 Å². The van der Waals surface area contributed by atoms with E-state index >= 15 is 0 Å². The van der Waals surface area contributed by atoms with Gasteiger partial charge in [0.1, 0.15) is 0 Å². The molecular weight excluding hydrogens is 322 g/mol. The standard InChI is InChI=1S/C18H27N3O2S/c1-7-21-12-17(13(2)19-21)14(3)20-24(22,23)16-10-8-15(9-11-16)18(4,5)6/h8-12,14,20H,7H2,1-6H3. The van der Waals surface area contributed by atoms with Crippen molar-refractivity contribution in [3.05, 3.63) is 47.3 Å². The molecule has 132 valence electrons. The summed E-state index contributed by atoms with van der Waals surface area (Å²) >= 11 is 0. The fourth-order valence-corrected chi connectivity index (χ4v) is 3.84. The summed E-state index contributed by atoms with van der Waals surface area (Å²) < 4.78 is 29.8. The van der Waals surface area contributed by atoms with Crippen molar-refractivity contribution in [3.63, 3.8) is 0 Å². The lowest BCUT2D eigenvalue weighted by Crippen LogP contribution is -2.27. The Bertz CT molecular complexity index is 800. The van der Waals surface area contributed by atoms with Crippen molar-refractivity contribution in [2.75, 3.05) is 0 Å². The number of nitrogens with zero attached hydrogens (tertiary/aromatic N) is 2. The number of aromatic nitrogens is 2. The van der Waals surface area contributed by atoms with Gasteiger partial charge in [-0.2, -0.15) is 5.10 Å². The maximum atomic E-state index is 12.6. The minimum Gasteiger partial charge on any atom is -0.272 e. The molecule has 24 heavy (non-hydrogen) atoms. The molecule has 0 aliphatic carbocycles. The fraction of sp³-hybridized carbons (Fsp3) is 0.500. The molecule has 1 N–H and O–H groups in total. The largest absolute Gasteiger partial charge is 0.272 e. The van der Waals surface area contributed by atoms with Gasteiger partial charge in [0, 0.05) is 24.3 Å². The van der Waals surface area contributed by atoms with Crippen molar-refractivity contribution in [2.45, 2.75) is 64.4 Å². The topological polar surface area (TPSA) is 64.0 Å². The van der Waals surface area contributed by atoms with E-state index in [2.05, 4.69) is 30.6 Å². The maximum absolute atomic E-state index is 12.6. The molecule has 0 amide bonds. The third-order valence-corrected chi connectivity index (χ3v) is 5.69.